The molecule has 3 aromatic rings. The van der Waals surface area contributed by atoms with Crippen molar-refractivity contribution in [3.05, 3.63) is 64.6 Å². The quantitative estimate of drug-likeness (QED) is 0.502. The van der Waals surface area contributed by atoms with E-state index >= 15 is 0 Å². The minimum atomic E-state index is -3.58. The van der Waals surface area contributed by atoms with Crippen LogP contribution in [0.5, 0.6) is 11.5 Å². The summed E-state index contributed by atoms with van der Waals surface area (Å²) in [6.07, 6.45) is 0. The second-order valence-corrected chi connectivity index (χ2v) is 9.94. The van der Waals surface area contributed by atoms with Gasteiger partial charge in [0.2, 0.25) is 10.0 Å². The van der Waals surface area contributed by atoms with Gasteiger partial charge < -0.3 is 14.8 Å². The van der Waals surface area contributed by atoms with Gasteiger partial charge in [-0.1, -0.05) is 0 Å². The van der Waals surface area contributed by atoms with E-state index in [4.69, 9.17) is 9.47 Å². The van der Waals surface area contributed by atoms with Crippen molar-refractivity contribution < 1.29 is 22.7 Å². The number of amides is 1. The van der Waals surface area contributed by atoms with E-state index < -0.39 is 10.0 Å². The van der Waals surface area contributed by atoms with E-state index in [0.717, 1.165) is 5.69 Å². The van der Waals surface area contributed by atoms with Crippen molar-refractivity contribution in [3.63, 3.8) is 0 Å². The van der Waals surface area contributed by atoms with Crippen LogP contribution < -0.4 is 14.8 Å². The lowest BCUT2D eigenvalue weighted by molar-refractivity contribution is 0.102. The number of thiazole rings is 1. The van der Waals surface area contributed by atoms with E-state index in [1.165, 1.54) is 41.9 Å². The summed E-state index contributed by atoms with van der Waals surface area (Å²) in [6, 6.07) is 10.8. The Morgan fingerprint density at radius 2 is 1.88 bits per heavy atom. The zero-order valence-corrected chi connectivity index (χ0v) is 19.9. The fourth-order valence-electron chi connectivity index (χ4n) is 2.75. The largest absolute Gasteiger partial charge is 0.493 e. The maximum Gasteiger partial charge on any atom is 0.255 e. The minimum Gasteiger partial charge on any atom is -0.493 e. The summed E-state index contributed by atoms with van der Waals surface area (Å²) in [6.45, 7) is 3.90. The number of anilines is 1. The molecule has 0 atom stereocenters. The van der Waals surface area contributed by atoms with Gasteiger partial charge in [0.1, 0.15) is 6.61 Å². The molecule has 1 N–H and O–H groups in total. The van der Waals surface area contributed by atoms with Gasteiger partial charge >= 0.3 is 0 Å². The fraction of sp³-hybridized carbons (Fsp3) is 0.273. The van der Waals surface area contributed by atoms with Gasteiger partial charge in [-0.25, -0.2) is 13.4 Å². The lowest BCUT2D eigenvalue weighted by Gasteiger charge is -2.21. The van der Waals surface area contributed by atoms with Crippen molar-refractivity contribution in [2.45, 2.75) is 31.4 Å². The highest BCUT2D eigenvalue weighted by molar-refractivity contribution is 7.89. The van der Waals surface area contributed by atoms with Gasteiger partial charge in [0.25, 0.3) is 5.91 Å². The Bertz CT molecular complexity index is 1160. The van der Waals surface area contributed by atoms with E-state index in [2.05, 4.69) is 10.3 Å². The third-order valence-electron chi connectivity index (χ3n) is 4.80. The summed E-state index contributed by atoms with van der Waals surface area (Å²) >= 11 is 1.49. The van der Waals surface area contributed by atoms with Crippen LogP contribution in [0.15, 0.2) is 58.3 Å². The monoisotopic (exact) mass is 475 g/mol. The zero-order chi connectivity index (χ0) is 23.3. The molecule has 8 nitrogen and oxygen atoms in total. The molecule has 0 saturated carbocycles. The van der Waals surface area contributed by atoms with E-state index in [1.807, 2.05) is 5.38 Å². The molecule has 0 radical (unpaired) electrons. The number of carbonyl (C=O) groups excluding carboxylic acids is 1. The van der Waals surface area contributed by atoms with E-state index in [-0.39, 0.29) is 16.8 Å². The number of aromatic nitrogens is 1. The molecule has 0 aliphatic rings. The van der Waals surface area contributed by atoms with E-state index in [1.54, 1.807) is 49.7 Å². The van der Waals surface area contributed by atoms with Gasteiger partial charge in [-0.2, -0.15) is 4.31 Å². The zero-order valence-electron chi connectivity index (χ0n) is 18.2. The molecule has 1 heterocycles. The van der Waals surface area contributed by atoms with E-state index in [0.29, 0.717) is 29.4 Å². The third-order valence-corrected chi connectivity index (χ3v) is 7.48. The number of hydrogen-bond acceptors (Lipinski definition) is 7. The van der Waals surface area contributed by atoms with Gasteiger partial charge in [-0.3, -0.25) is 4.79 Å². The molecule has 1 amide bonds. The Kier molecular flexibility index (Phi) is 7.49. The van der Waals surface area contributed by atoms with Crippen molar-refractivity contribution in [2.75, 3.05) is 19.5 Å². The number of sulfonamides is 1. The summed E-state index contributed by atoms with van der Waals surface area (Å²) in [4.78, 5) is 17.0. The average Bonchev–Trinajstić information content (AvgIpc) is 3.31. The van der Waals surface area contributed by atoms with E-state index in [9.17, 15) is 13.2 Å². The van der Waals surface area contributed by atoms with Crippen LogP contribution in [0.2, 0.25) is 0 Å². The van der Waals surface area contributed by atoms with Crippen molar-refractivity contribution in [1.29, 1.82) is 0 Å². The molecule has 0 aliphatic heterocycles. The Morgan fingerprint density at radius 3 is 2.47 bits per heavy atom. The Labute approximate surface area is 191 Å². The predicted molar refractivity (Wildman–Crippen MR) is 124 cm³/mol. The van der Waals surface area contributed by atoms with Crippen LogP contribution in [-0.2, 0) is 16.6 Å². The number of nitrogens with zero attached hydrogens (tertiary/aromatic N) is 2. The second-order valence-electron chi connectivity index (χ2n) is 7.23. The first-order valence-corrected chi connectivity index (χ1v) is 12.2. The van der Waals surface area contributed by atoms with Gasteiger partial charge in [0.05, 0.1) is 23.2 Å². The third kappa shape index (κ3) is 5.45. The summed E-state index contributed by atoms with van der Waals surface area (Å²) in [5.41, 5.74) is 3.39. The minimum absolute atomic E-state index is 0.162. The highest BCUT2D eigenvalue weighted by Gasteiger charge is 2.23. The number of benzene rings is 2. The highest BCUT2D eigenvalue weighted by atomic mass is 32.2. The van der Waals surface area contributed by atoms with Gasteiger partial charge in [-0.05, 0) is 56.3 Å². The lowest BCUT2D eigenvalue weighted by Crippen LogP contribution is -2.33. The number of ether oxygens (including phenoxy) is 2. The first-order valence-electron chi connectivity index (χ1n) is 9.79. The molecule has 2 aromatic carbocycles. The van der Waals surface area contributed by atoms with Crippen LogP contribution in [0.3, 0.4) is 0 Å². The summed E-state index contributed by atoms with van der Waals surface area (Å²) in [7, 11) is -0.550. The molecule has 32 heavy (non-hydrogen) atoms. The predicted octanol–water partition coefficient (Wildman–Crippen LogP) is 4.01. The van der Waals surface area contributed by atoms with Crippen molar-refractivity contribution in [3.8, 4) is 11.5 Å². The van der Waals surface area contributed by atoms with Crippen LogP contribution in [-0.4, -0.2) is 43.8 Å². The molecule has 3 rings (SSSR count). The van der Waals surface area contributed by atoms with Gasteiger partial charge in [0, 0.05) is 29.7 Å². The first kappa shape index (κ1) is 23.7. The molecule has 0 bridgehead atoms. The maximum atomic E-state index is 12.7. The molecule has 0 fully saturated rings. The Morgan fingerprint density at radius 1 is 1.16 bits per heavy atom. The van der Waals surface area contributed by atoms with Crippen LogP contribution in [0, 0.1) is 0 Å². The molecule has 170 valence electrons. The number of nitrogens with one attached hydrogen (secondary N) is 1. The van der Waals surface area contributed by atoms with Crippen molar-refractivity contribution in [2.24, 2.45) is 0 Å². The first-order chi connectivity index (χ1) is 15.2. The Hall–Kier alpha value is -2.95. The van der Waals surface area contributed by atoms with Crippen molar-refractivity contribution in [1.82, 2.24) is 9.29 Å². The molecule has 0 unspecified atom stereocenters. The highest BCUT2D eigenvalue weighted by Crippen LogP contribution is 2.29. The number of hydrogen-bond donors (Lipinski definition) is 1. The smallest absolute Gasteiger partial charge is 0.255 e. The molecule has 10 heteroatoms. The summed E-state index contributed by atoms with van der Waals surface area (Å²) in [5.74, 6) is 0.566. The van der Waals surface area contributed by atoms with Gasteiger partial charge in [-0.15, -0.1) is 11.3 Å². The molecule has 1 aromatic heterocycles. The van der Waals surface area contributed by atoms with Crippen LogP contribution in [0.1, 0.15) is 29.9 Å². The van der Waals surface area contributed by atoms with Crippen LogP contribution >= 0.6 is 11.3 Å². The summed E-state index contributed by atoms with van der Waals surface area (Å²) < 4.78 is 37.5. The lowest BCUT2D eigenvalue weighted by atomic mass is 10.2. The van der Waals surface area contributed by atoms with Crippen LogP contribution in [0.25, 0.3) is 0 Å². The molecule has 0 spiro atoms. The molecular formula is C22H25N3O5S2. The SMILES string of the molecule is COc1cc(C(=O)Nc2ccc(S(=O)(=O)N(C)C(C)C)cc2)ccc1OCc1cscn1. The Balaban J connectivity index is 1.70. The molecular weight excluding hydrogens is 450 g/mol. The number of rotatable bonds is 9. The topological polar surface area (TPSA) is 97.8 Å². The second kappa shape index (κ2) is 10.1. The maximum absolute atomic E-state index is 12.7. The molecule has 0 aliphatic carbocycles. The number of carbonyl (C=O) groups is 1. The van der Waals surface area contributed by atoms with Gasteiger partial charge in [0.15, 0.2) is 11.5 Å². The molecule has 0 saturated heterocycles. The average molecular weight is 476 g/mol. The summed E-state index contributed by atoms with van der Waals surface area (Å²) in [5, 5.41) is 4.66. The van der Waals surface area contributed by atoms with Crippen LogP contribution in [0.4, 0.5) is 5.69 Å². The fourth-order valence-corrected chi connectivity index (χ4v) is 4.66. The van der Waals surface area contributed by atoms with Crippen molar-refractivity contribution >= 4 is 33.0 Å². The standard InChI is InChI=1S/C22H25N3O5S2/c1-15(2)25(3)32(27,28)19-8-6-17(7-9-19)24-22(26)16-5-10-20(21(11-16)29-4)30-12-18-13-31-14-23-18/h5-11,13-15H,12H2,1-4H3,(H,24,26). The number of methoxy groups -OCH3 is 1. The normalized spacial score (nSPS) is 11.6.